The van der Waals surface area contributed by atoms with E-state index in [0.717, 1.165) is 5.56 Å². The highest BCUT2D eigenvalue weighted by Crippen LogP contribution is 2.31. The molecule has 170 valence electrons. The molecule has 0 aromatic heterocycles. The number of nitrogens with zero attached hydrogens (tertiary/aromatic N) is 3. The van der Waals surface area contributed by atoms with Crippen LogP contribution in [-0.4, -0.2) is 25.1 Å². The minimum absolute atomic E-state index is 0.0304. The quantitative estimate of drug-likeness (QED) is 0.368. The number of carbonyl (C=O) groups is 1. The third-order valence-electron chi connectivity index (χ3n) is 5.01. The van der Waals surface area contributed by atoms with Gasteiger partial charge in [0.05, 0.1) is 28.8 Å². The maximum absolute atomic E-state index is 13.2. The molecule has 0 aliphatic carbocycles. The maximum Gasteiger partial charge on any atom is 0.279 e. The number of hydrazone groups is 1. The van der Waals surface area contributed by atoms with Crippen LogP contribution in [0.4, 0.5) is 11.4 Å². The summed E-state index contributed by atoms with van der Waals surface area (Å²) in [5.41, 5.74) is 5.78. The Labute approximate surface area is 201 Å². The Hall–Kier alpha value is -4.11. The third kappa shape index (κ3) is 4.94. The van der Waals surface area contributed by atoms with Crippen molar-refractivity contribution in [3.8, 4) is 6.07 Å². The van der Waals surface area contributed by atoms with Crippen molar-refractivity contribution in [1.29, 1.82) is 5.26 Å². The van der Waals surface area contributed by atoms with Gasteiger partial charge in [0.2, 0.25) is 10.0 Å². The van der Waals surface area contributed by atoms with E-state index in [1.807, 2.05) is 30.3 Å². The average Bonchev–Trinajstić information content (AvgIpc) is 3.08. The van der Waals surface area contributed by atoms with Gasteiger partial charge in [-0.25, -0.2) is 13.6 Å². The number of hydrogen-bond acceptors (Lipinski definition) is 6. The molecule has 1 aliphatic rings. The zero-order chi connectivity index (χ0) is 24.3. The standard InChI is InChI=1S/C23H18N6O3S2/c24-13-16-6-11-20-19(12-16)21(22(30)29(20)14-15-4-2-1-3-5-15)27-28-23(33)26-17-7-9-18(10-8-17)34(25,31)32/h1-12H,14H2,(H2,25,31,32)(H2,26,28,33). The van der Waals surface area contributed by atoms with Crippen LogP contribution >= 0.6 is 12.2 Å². The Bertz CT molecular complexity index is 1450. The molecule has 1 heterocycles. The van der Waals surface area contributed by atoms with Crippen LogP contribution in [-0.2, 0) is 21.4 Å². The number of nitrogens with two attached hydrogens (primary N) is 1. The molecule has 4 N–H and O–H groups in total. The minimum Gasteiger partial charge on any atom is -0.331 e. The molecule has 0 saturated carbocycles. The number of benzene rings is 3. The van der Waals surface area contributed by atoms with Crippen molar-refractivity contribution < 1.29 is 13.2 Å². The summed E-state index contributed by atoms with van der Waals surface area (Å²) < 4.78 is 22.8. The van der Waals surface area contributed by atoms with Gasteiger partial charge >= 0.3 is 0 Å². The van der Waals surface area contributed by atoms with Crippen LogP contribution in [0, 0.1) is 11.3 Å². The van der Waals surface area contributed by atoms with E-state index < -0.39 is 10.0 Å². The molecular weight excluding hydrogens is 472 g/mol. The van der Waals surface area contributed by atoms with Crippen LogP contribution in [0.3, 0.4) is 0 Å². The first kappa shape index (κ1) is 23.1. The molecule has 0 radical (unpaired) electrons. The number of nitriles is 1. The fourth-order valence-electron chi connectivity index (χ4n) is 3.41. The van der Waals surface area contributed by atoms with Gasteiger partial charge in [-0.1, -0.05) is 30.3 Å². The van der Waals surface area contributed by atoms with Crippen LogP contribution in [0.2, 0.25) is 0 Å². The van der Waals surface area contributed by atoms with Crippen LogP contribution in [0.15, 0.2) is 82.8 Å². The molecule has 0 fully saturated rings. The highest BCUT2D eigenvalue weighted by molar-refractivity contribution is 7.89. The molecule has 34 heavy (non-hydrogen) atoms. The predicted octanol–water partition coefficient (Wildman–Crippen LogP) is 2.44. The van der Waals surface area contributed by atoms with Gasteiger partial charge in [-0.05, 0) is 60.2 Å². The summed E-state index contributed by atoms with van der Waals surface area (Å²) in [5, 5.41) is 21.5. The second kappa shape index (κ2) is 9.40. The zero-order valence-electron chi connectivity index (χ0n) is 17.6. The molecule has 0 spiro atoms. The Balaban J connectivity index is 1.55. The first-order valence-corrected chi connectivity index (χ1v) is 11.9. The Kier molecular flexibility index (Phi) is 6.38. The lowest BCUT2D eigenvalue weighted by atomic mass is 10.1. The topological polar surface area (TPSA) is 141 Å². The number of carbonyl (C=O) groups excluding carboxylic acids is 1. The molecule has 0 unspecified atom stereocenters. The van der Waals surface area contributed by atoms with Gasteiger partial charge in [0.25, 0.3) is 5.91 Å². The number of nitrogens with one attached hydrogen (secondary N) is 2. The molecule has 1 aliphatic heterocycles. The largest absolute Gasteiger partial charge is 0.331 e. The predicted molar refractivity (Wildman–Crippen MR) is 132 cm³/mol. The van der Waals surface area contributed by atoms with Gasteiger partial charge < -0.3 is 10.2 Å². The van der Waals surface area contributed by atoms with Crippen molar-refractivity contribution in [2.45, 2.75) is 11.4 Å². The first-order chi connectivity index (χ1) is 16.3. The number of amides is 1. The second-order valence-corrected chi connectivity index (χ2v) is 9.29. The number of hydrogen-bond donors (Lipinski definition) is 3. The summed E-state index contributed by atoms with van der Waals surface area (Å²) in [6.07, 6.45) is 0. The lowest BCUT2D eigenvalue weighted by molar-refractivity contribution is -0.112. The SMILES string of the molecule is N#Cc1ccc2c(c1)C(=NNC(=S)Nc1ccc(S(N)(=O)=O)cc1)C(=O)N2Cc1ccccc1. The van der Waals surface area contributed by atoms with Gasteiger partial charge in [0, 0.05) is 11.3 Å². The van der Waals surface area contributed by atoms with Crippen LogP contribution in [0.25, 0.3) is 0 Å². The first-order valence-electron chi connectivity index (χ1n) is 9.94. The molecule has 9 nitrogen and oxygen atoms in total. The fourth-order valence-corrected chi connectivity index (χ4v) is 4.09. The Morgan fingerprint density at radius 3 is 2.44 bits per heavy atom. The fraction of sp³-hybridized carbons (Fsp3) is 0.0435. The lowest BCUT2D eigenvalue weighted by Gasteiger charge is -2.16. The molecule has 1 amide bonds. The summed E-state index contributed by atoms with van der Waals surface area (Å²) in [6, 6.07) is 22.3. The molecular formula is C23H18N6O3S2. The normalized spacial score (nSPS) is 13.9. The molecule has 3 aromatic carbocycles. The summed E-state index contributed by atoms with van der Waals surface area (Å²) >= 11 is 5.25. The number of thiocarbonyl (C=S) groups is 1. The minimum atomic E-state index is -3.80. The average molecular weight is 491 g/mol. The zero-order valence-corrected chi connectivity index (χ0v) is 19.2. The Morgan fingerprint density at radius 2 is 1.79 bits per heavy atom. The van der Waals surface area contributed by atoms with Gasteiger partial charge in [0.15, 0.2) is 10.8 Å². The summed E-state index contributed by atoms with van der Waals surface area (Å²) in [4.78, 5) is 14.8. The monoisotopic (exact) mass is 490 g/mol. The highest BCUT2D eigenvalue weighted by Gasteiger charge is 2.34. The van der Waals surface area contributed by atoms with Crippen LogP contribution in [0.1, 0.15) is 16.7 Å². The lowest BCUT2D eigenvalue weighted by Crippen LogP contribution is -2.32. The van der Waals surface area contributed by atoms with E-state index in [9.17, 15) is 18.5 Å². The van der Waals surface area contributed by atoms with E-state index in [2.05, 4.69) is 21.9 Å². The van der Waals surface area contributed by atoms with E-state index in [0.29, 0.717) is 29.0 Å². The van der Waals surface area contributed by atoms with Crippen molar-refractivity contribution in [3.05, 3.63) is 89.5 Å². The third-order valence-corrected chi connectivity index (χ3v) is 6.14. The van der Waals surface area contributed by atoms with E-state index >= 15 is 0 Å². The molecule has 11 heteroatoms. The van der Waals surface area contributed by atoms with E-state index in [1.165, 1.54) is 24.3 Å². The molecule has 0 bridgehead atoms. The van der Waals surface area contributed by atoms with Gasteiger partial charge in [-0.2, -0.15) is 10.4 Å². The van der Waals surface area contributed by atoms with Gasteiger partial charge in [0.1, 0.15) is 0 Å². The number of fused-ring (bicyclic) bond motifs is 1. The Morgan fingerprint density at radius 1 is 1.09 bits per heavy atom. The molecule has 0 saturated heterocycles. The number of rotatable bonds is 5. The van der Waals surface area contributed by atoms with Crippen LogP contribution < -0.4 is 20.8 Å². The summed E-state index contributed by atoms with van der Waals surface area (Å²) in [6.45, 7) is 0.344. The van der Waals surface area contributed by atoms with Gasteiger partial charge in [-0.3, -0.25) is 10.2 Å². The van der Waals surface area contributed by atoms with E-state index in [1.54, 1.807) is 23.1 Å². The van der Waals surface area contributed by atoms with Crippen molar-refractivity contribution in [2.75, 3.05) is 10.2 Å². The van der Waals surface area contributed by atoms with Gasteiger partial charge in [-0.15, -0.1) is 0 Å². The van der Waals surface area contributed by atoms with Crippen molar-refractivity contribution >= 4 is 50.3 Å². The maximum atomic E-state index is 13.2. The number of anilines is 2. The molecule has 3 aromatic rings. The molecule has 4 rings (SSSR count). The summed E-state index contributed by atoms with van der Waals surface area (Å²) in [5.74, 6) is -0.332. The molecule has 0 atom stereocenters. The van der Waals surface area contributed by atoms with Crippen molar-refractivity contribution in [1.82, 2.24) is 5.43 Å². The van der Waals surface area contributed by atoms with Crippen LogP contribution in [0.5, 0.6) is 0 Å². The second-order valence-electron chi connectivity index (χ2n) is 7.32. The summed E-state index contributed by atoms with van der Waals surface area (Å²) in [7, 11) is -3.80. The van der Waals surface area contributed by atoms with Crippen molar-refractivity contribution in [3.63, 3.8) is 0 Å². The van der Waals surface area contributed by atoms with Crippen molar-refractivity contribution in [2.24, 2.45) is 10.2 Å². The number of sulfonamides is 1. The van der Waals surface area contributed by atoms with E-state index in [4.69, 9.17) is 17.4 Å². The van der Waals surface area contributed by atoms with E-state index in [-0.39, 0.29) is 21.6 Å². The smallest absolute Gasteiger partial charge is 0.279 e. The number of primary sulfonamides is 1. The highest BCUT2D eigenvalue weighted by atomic mass is 32.2.